The molecule has 0 aliphatic carbocycles. The number of carbonyl (C=O) groups excluding carboxylic acids is 1. The number of benzene rings is 1. The summed E-state index contributed by atoms with van der Waals surface area (Å²) in [5, 5.41) is 3.52. The number of aryl methyl sites for hydroxylation is 1. The number of nitrogens with zero attached hydrogens (tertiary/aromatic N) is 1. The molecule has 3 aliphatic rings. The van der Waals surface area contributed by atoms with Crippen molar-refractivity contribution < 1.29 is 4.79 Å². The Bertz CT molecular complexity index is 564. The Hall–Kier alpha value is -0.710. The molecule has 0 bridgehead atoms. The fourth-order valence-corrected chi connectivity index (χ4v) is 5.46. The van der Waals surface area contributed by atoms with Crippen molar-refractivity contribution in [3.8, 4) is 0 Å². The number of piperidine rings is 1. The van der Waals surface area contributed by atoms with Crippen LogP contribution in [-0.4, -0.2) is 42.7 Å². The summed E-state index contributed by atoms with van der Waals surface area (Å²) in [7, 11) is 0. The summed E-state index contributed by atoms with van der Waals surface area (Å²) in [6.45, 7) is 4.19. The van der Waals surface area contributed by atoms with Gasteiger partial charge >= 0.3 is 0 Å². The molecule has 1 atom stereocenters. The summed E-state index contributed by atoms with van der Waals surface area (Å²) in [6, 6.07) is 8.50. The largest absolute Gasteiger partial charge is 0.341 e. The molecular formula is C18H25ClN2OS. The van der Waals surface area contributed by atoms with Gasteiger partial charge in [0.05, 0.1) is 0 Å². The predicted octanol–water partition coefficient (Wildman–Crippen LogP) is 3.04. The molecule has 1 amide bonds. The molecule has 3 heterocycles. The van der Waals surface area contributed by atoms with Gasteiger partial charge in [-0.1, -0.05) is 24.3 Å². The molecule has 4 rings (SSSR count). The van der Waals surface area contributed by atoms with Crippen molar-refractivity contribution >= 4 is 30.1 Å². The number of fused-ring (bicyclic) bond motifs is 1. The maximum Gasteiger partial charge on any atom is 0.240 e. The van der Waals surface area contributed by atoms with Gasteiger partial charge in [0.1, 0.15) is 5.25 Å². The van der Waals surface area contributed by atoms with Crippen molar-refractivity contribution in [2.75, 3.05) is 31.9 Å². The molecule has 5 heteroatoms. The predicted molar refractivity (Wildman–Crippen MR) is 98.3 cm³/mol. The fraction of sp³-hybridized carbons (Fsp3) is 0.611. The first kappa shape index (κ1) is 17.1. The molecular weight excluding hydrogens is 328 g/mol. The van der Waals surface area contributed by atoms with Gasteiger partial charge in [0.25, 0.3) is 0 Å². The van der Waals surface area contributed by atoms with Crippen molar-refractivity contribution in [2.24, 2.45) is 5.41 Å². The molecule has 23 heavy (non-hydrogen) atoms. The minimum Gasteiger partial charge on any atom is -0.341 e. The molecule has 2 saturated heterocycles. The van der Waals surface area contributed by atoms with Crippen molar-refractivity contribution in [3.63, 3.8) is 0 Å². The Labute approximate surface area is 149 Å². The third-order valence-corrected chi connectivity index (χ3v) is 6.91. The fourth-order valence-electron chi connectivity index (χ4n) is 4.19. The van der Waals surface area contributed by atoms with Crippen LogP contribution in [0.3, 0.4) is 0 Å². The van der Waals surface area contributed by atoms with Gasteiger partial charge in [0.15, 0.2) is 0 Å². The molecule has 126 valence electrons. The Morgan fingerprint density at radius 2 is 2.00 bits per heavy atom. The number of hydrogen-bond donors (Lipinski definition) is 1. The van der Waals surface area contributed by atoms with Crippen LogP contribution in [0.25, 0.3) is 0 Å². The Balaban J connectivity index is 0.00000156. The number of halogens is 1. The molecule has 3 aliphatic heterocycles. The van der Waals surface area contributed by atoms with Gasteiger partial charge in [0, 0.05) is 19.6 Å². The average Bonchev–Trinajstić information content (AvgIpc) is 3.02. The van der Waals surface area contributed by atoms with Gasteiger partial charge < -0.3 is 10.2 Å². The number of rotatable bonds is 1. The molecule has 0 aromatic heterocycles. The van der Waals surface area contributed by atoms with E-state index in [2.05, 4.69) is 34.5 Å². The lowest BCUT2D eigenvalue weighted by atomic mass is 9.78. The molecule has 1 unspecified atom stereocenters. The van der Waals surface area contributed by atoms with E-state index in [1.54, 1.807) is 0 Å². The summed E-state index contributed by atoms with van der Waals surface area (Å²) in [5.41, 5.74) is 3.11. The quantitative estimate of drug-likeness (QED) is 0.843. The van der Waals surface area contributed by atoms with Crippen LogP contribution in [-0.2, 0) is 11.2 Å². The van der Waals surface area contributed by atoms with E-state index in [0.29, 0.717) is 11.3 Å². The van der Waals surface area contributed by atoms with E-state index >= 15 is 0 Å². The number of hydrogen-bond acceptors (Lipinski definition) is 3. The third kappa shape index (κ3) is 3.26. The van der Waals surface area contributed by atoms with Crippen LogP contribution in [0.5, 0.6) is 0 Å². The summed E-state index contributed by atoms with van der Waals surface area (Å²) >= 11 is 1.83. The molecule has 1 aromatic rings. The van der Waals surface area contributed by atoms with E-state index in [1.807, 2.05) is 11.8 Å². The highest BCUT2D eigenvalue weighted by molar-refractivity contribution is 8.00. The smallest absolute Gasteiger partial charge is 0.240 e. The second kappa shape index (κ2) is 7.04. The molecule has 1 spiro atoms. The number of carbonyl (C=O) groups is 1. The maximum atomic E-state index is 13.0. The maximum absolute atomic E-state index is 13.0. The zero-order valence-electron chi connectivity index (χ0n) is 13.4. The first-order valence-corrected chi connectivity index (χ1v) is 9.51. The van der Waals surface area contributed by atoms with Gasteiger partial charge in [-0.15, -0.1) is 24.2 Å². The zero-order valence-corrected chi connectivity index (χ0v) is 15.1. The van der Waals surface area contributed by atoms with Crippen LogP contribution >= 0.6 is 24.2 Å². The van der Waals surface area contributed by atoms with E-state index in [1.165, 1.54) is 30.4 Å². The van der Waals surface area contributed by atoms with Gasteiger partial charge in [-0.25, -0.2) is 0 Å². The summed E-state index contributed by atoms with van der Waals surface area (Å²) < 4.78 is 0. The van der Waals surface area contributed by atoms with Crippen molar-refractivity contribution in [1.29, 1.82) is 0 Å². The van der Waals surface area contributed by atoms with E-state index < -0.39 is 0 Å². The van der Waals surface area contributed by atoms with E-state index in [0.717, 1.165) is 38.4 Å². The highest BCUT2D eigenvalue weighted by Crippen LogP contribution is 2.41. The summed E-state index contributed by atoms with van der Waals surface area (Å²) in [5.74, 6) is 1.41. The summed E-state index contributed by atoms with van der Waals surface area (Å²) in [6.07, 6.45) is 4.73. The van der Waals surface area contributed by atoms with E-state index in [-0.39, 0.29) is 17.7 Å². The van der Waals surface area contributed by atoms with Gasteiger partial charge in [-0.05, 0) is 54.5 Å². The average molecular weight is 353 g/mol. The van der Waals surface area contributed by atoms with Gasteiger partial charge in [0.2, 0.25) is 5.91 Å². The van der Waals surface area contributed by atoms with Crippen LogP contribution in [0, 0.1) is 5.41 Å². The topological polar surface area (TPSA) is 32.3 Å². The third-order valence-electron chi connectivity index (χ3n) is 5.69. The first-order valence-electron chi connectivity index (χ1n) is 8.46. The van der Waals surface area contributed by atoms with Crippen LogP contribution < -0.4 is 5.32 Å². The summed E-state index contributed by atoms with van der Waals surface area (Å²) in [4.78, 5) is 15.1. The molecule has 1 N–H and O–H groups in total. The number of amides is 1. The SMILES string of the molecule is Cl.O=C(C1SCCc2ccccc21)N1CCC2(CCNC2)CC1. The minimum atomic E-state index is 0. The lowest BCUT2D eigenvalue weighted by Crippen LogP contribution is -2.45. The standard InChI is InChI=1S/C18H24N2OS.ClH/c21-17(16-15-4-2-1-3-14(15)5-12-22-16)20-10-7-18(8-11-20)6-9-19-13-18;/h1-4,16,19H,5-13H2;1H. The Morgan fingerprint density at radius 1 is 1.22 bits per heavy atom. The van der Waals surface area contributed by atoms with Crippen molar-refractivity contribution in [3.05, 3.63) is 35.4 Å². The van der Waals surface area contributed by atoms with Crippen LogP contribution in [0.1, 0.15) is 35.6 Å². The zero-order chi connectivity index (χ0) is 15.0. The lowest BCUT2D eigenvalue weighted by Gasteiger charge is -2.40. The van der Waals surface area contributed by atoms with Gasteiger partial charge in [-0.2, -0.15) is 0 Å². The Kier molecular flexibility index (Phi) is 5.24. The van der Waals surface area contributed by atoms with Crippen LogP contribution in [0.2, 0.25) is 0 Å². The monoisotopic (exact) mass is 352 g/mol. The van der Waals surface area contributed by atoms with Gasteiger partial charge in [-0.3, -0.25) is 4.79 Å². The van der Waals surface area contributed by atoms with Crippen LogP contribution in [0.4, 0.5) is 0 Å². The normalized spacial score (nSPS) is 25.7. The molecule has 0 saturated carbocycles. The highest BCUT2D eigenvalue weighted by Gasteiger charge is 2.40. The highest BCUT2D eigenvalue weighted by atomic mass is 35.5. The van der Waals surface area contributed by atoms with E-state index in [4.69, 9.17) is 0 Å². The number of nitrogens with one attached hydrogen (secondary N) is 1. The molecule has 3 nitrogen and oxygen atoms in total. The van der Waals surface area contributed by atoms with Crippen LogP contribution in [0.15, 0.2) is 24.3 Å². The lowest BCUT2D eigenvalue weighted by molar-refractivity contribution is -0.132. The number of thioether (sulfide) groups is 1. The number of likely N-dealkylation sites (tertiary alicyclic amines) is 1. The Morgan fingerprint density at radius 3 is 2.74 bits per heavy atom. The van der Waals surface area contributed by atoms with E-state index in [9.17, 15) is 4.79 Å². The molecule has 2 fully saturated rings. The minimum absolute atomic E-state index is 0. The first-order chi connectivity index (χ1) is 10.8. The second-order valence-electron chi connectivity index (χ2n) is 6.95. The molecule has 1 aromatic carbocycles. The van der Waals surface area contributed by atoms with Crippen molar-refractivity contribution in [1.82, 2.24) is 10.2 Å². The second-order valence-corrected chi connectivity index (χ2v) is 8.16. The van der Waals surface area contributed by atoms with Crippen molar-refractivity contribution in [2.45, 2.75) is 30.9 Å². The molecule has 0 radical (unpaired) electrons.